The van der Waals surface area contributed by atoms with E-state index in [0.717, 1.165) is 34.3 Å². The molecule has 29 heavy (non-hydrogen) atoms. The molecule has 2 atom stereocenters. The number of halogens is 1. The lowest BCUT2D eigenvalue weighted by molar-refractivity contribution is 0.180. The number of nitrogens with zero attached hydrogens (tertiary/aromatic N) is 2. The predicted molar refractivity (Wildman–Crippen MR) is 114 cm³/mol. The van der Waals surface area contributed by atoms with Crippen molar-refractivity contribution in [3.05, 3.63) is 89.9 Å². The fourth-order valence-electron chi connectivity index (χ4n) is 3.44. The van der Waals surface area contributed by atoms with E-state index in [9.17, 15) is 4.39 Å². The highest BCUT2D eigenvalue weighted by Gasteiger charge is 2.19. The predicted octanol–water partition coefficient (Wildman–Crippen LogP) is 5.19. The first-order chi connectivity index (χ1) is 14.0. The van der Waals surface area contributed by atoms with Crippen molar-refractivity contribution < 1.29 is 9.13 Å². The van der Waals surface area contributed by atoms with Gasteiger partial charge in [0.1, 0.15) is 17.7 Å². The first-order valence-corrected chi connectivity index (χ1v) is 9.80. The highest BCUT2D eigenvalue weighted by molar-refractivity contribution is 5.81. The molecule has 0 saturated heterocycles. The summed E-state index contributed by atoms with van der Waals surface area (Å²) in [5.74, 6) is 0.466. The topological polar surface area (TPSA) is 53.1 Å². The van der Waals surface area contributed by atoms with E-state index in [4.69, 9.17) is 10.5 Å². The van der Waals surface area contributed by atoms with Crippen LogP contribution in [0.1, 0.15) is 31.1 Å². The summed E-state index contributed by atoms with van der Waals surface area (Å²) in [4.78, 5) is 0. The van der Waals surface area contributed by atoms with Gasteiger partial charge in [-0.25, -0.2) is 9.07 Å². The van der Waals surface area contributed by atoms with Crippen LogP contribution in [0.3, 0.4) is 0 Å². The van der Waals surface area contributed by atoms with Crippen molar-refractivity contribution in [3.8, 4) is 11.4 Å². The molecule has 0 radical (unpaired) electrons. The fourth-order valence-corrected chi connectivity index (χ4v) is 3.44. The number of hydrogen-bond donors (Lipinski definition) is 1. The molecule has 5 heteroatoms. The van der Waals surface area contributed by atoms with Gasteiger partial charge in [-0.1, -0.05) is 31.2 Å². The lowest BCUT2D eigenvalue weighted by atomic mass is 10.0. The summed E-state index contributed by atoms with van der Waals surface area (Å²) in [5.41, 5.74) is 10.3. The molecule has 0 amide bonds. The monoisotopic (exact) mass is 389 g/mol. The minimum Gasteiger partial charge on any atom is -0.484 e. The van der Waals surface area contributed by atoms with Crippen LogP contribution in [0.2, 0.25) is 0 Å². The van der Waals surface area contributed by atoms with E-state index in [0.29, 0.717) is 0 Å². The molecule has 0 spiro atoms. The SMILES string of the molecule is CCc1ccc([C@@H](Oc2ccc3c(cnn3-c3ccc(F)cc3)c2)C(C)N)cc1. The van der Waals surface area contributed by atoms with Crippen molar-refractivity contribution in [3.63, 3.8) is 0 Å². The summed E-state index contributed by atoms with van der Waals surface area (Å²) < 4.78 is 21.3. The number of hydrogen-bond acceptors (Lipinski definition) is 3. The summed E-state index contributed by atoms with van der Waals surface area (Å²) in [6, 6.07) is 20.3. The van der Waals surface area contributed by atoms with Crippen molar-refractivity contribution in [2.24, 2.45) is 5.73 Å². The Kier molecular flexibility index (Phi) is 5.32. The van der Waals surface area contributed by atoms with Crippen LogP contribution in [0, 0.1) is 5.82 Å². The standard InChI is InChI=1S/C24H24FN3O/c1-3-17-4-6-18(7-5-17)24(16(2)26)29-22-12-13-23-19(14-22)15-27-28(23)21-10-8-20(25)9-11-21/h4-16,24H,3,26H2,1-2H3/t16?,24-/m0/s1. The normalized spacial score (nSPS) is 13.4. The Hall–Kier alpha value is -3.18. The zero-order valence-corrected chi connectivity index (χ0v) is 16.5. The van der Waals surface area contributed by atoms with Gasteiger partial charge < -0.3 is 10.5 Å². The molecule has 148 valence electrons. The van der Waals surface area contributed by atoms with Gasteiger partial charge in [-0.05, 0) is 66.9 Å². The van der Waals surface area contributed by atoms with E-state index in [-0.39, 0.29) is 18.0 Å². The molecule has 1 aromatic heterocycles. The van der Waals surface area contributed by atoms with Crippen molar-refractivity contribution in [1.29, 1.82) is 0 Å². The van der Waals surface area contributed by atoms with Gasteiger partial charge in [-0.15, -0.1) is 0 Å². The number of nitrogens with two attached hydrogens (primary N) is 1. The molecule has 0 aliphatic carbocycles. The number of rotatable bonds is 6. The molecule has 0 aliphatic heterocycles. The first-order valence-electron chi connectivity index (χ1n) is 9.80. The smallest absolute Gasteiger partial charge is 0.138 e. The summed E-state index contributed by atoms with van der Waals surface area (Å²) in [5, 5.41) is 5.38. The molecule has 4 rings (SSSR count). The fraction of sp³-hybridized carbons (Fsp3) is 0.208. The van der Waals surface area contributed by atoms with Gasteiger partial charge in [0.15, 0.2) is 0 Å². The van der Waals surface area contributed by atoms with Gasteiger partial charge in [0.2, 0.25) is 0 Å². The molecule has 3 aromatic carbocycles. The Labute approximate surface area is 169 Å². The average Bonchev–Trinajstić information content (AvgIpc) is 3.16. The van der Waals surface area contributed by atoms with Crippen LogP contribution in [-0.2, 0) is 6.42 Å². The molecule has 0 aliphatic rings. The van der Waals surface area contributed by atoms with Crippen LogP contribution >= 0.6 is 0 Å². The van der Waals surface area contributed by atoms with E-state index in [1.54, 1.807) is 23.0 Å². The lowest BCUT2D eigenvalue weighted by Crippen LogP contribution is -2.29. The van der Waals surface area contributed by atoms with Crippen LogP contribution in [0.25, 0.3) is 16.6 Å². The Morgan fingerprint density at radius 3 is 2.41 bits per heavy atom. The van der Waals surface area contributed by atoms with Crippen LogP contribution in [-0.4, -0.2) is 15.8 Å². The van der Waals surface area contributed by atoms with Gasteiger partial charge in [0.05, 0.1) is 17.4 Å². The second kappa shape index (κ2) is 8.05. The average molecular weight is 389 g/mol. The molecule has 1 heterocycles. The zero-order chi connectivity index (χ0) is 20.4. The van der Waals surface area contributed by atoms with E-state index >= 15 is 0 Å². The van der Waals surface area contributed by atoms with Crippen molar-refractivity contribution in [1.82, 2.24) is 9.78 Å². The molecule has 0 fully saturated rings. The minimum absolute atomic E-state index is 0.167. The van der Waals surface area contributed by atoms with E-state index < -0.39 is 0 Å². The Balaban J connectivity index is 1.62. The van der Waals surface area contributed by atoms with E-state index in [2.05, 4.69) is 36.3 Å². The zero-order valence-electron chi connectivity index (χ0n) is 16.5. The molecule has 1 unspecified atom stereocenters. The molecular weight excluding hydrogens is 365 g/mol. The van der Waals surface area contributed by atoms with Crippen LogP contribution in [0.5, 0.6) is 5.75 Å². The van der Waals surface area contributed by atoms with Gasteiger partial charge in [-0.2, -0.15) is 5.10 Å². The highest BCUT2D eigenvalue weighted by atomic mass is 19.1. The molecule has 4 aromatic rings. The highest BCUT2D eigenvalue weighted by Crippen LogP contribution is 2.28. The first kappa shape index (κ1) is 19.2. The van der Waals surface area contributed by atoms with Crippen molar-refractivity contribution >= 4 is 10.9 Å². The molecular formula is C24H24FN3O. The molecule has 0 bridgehead atoms. The summed E-state index contributed by atoms with van der Waals surface area (Å²) in [6.07, 6.45) is 2.53. The van der Waals surface area contributed by atoms with Crippen LogP contribution < -0.4 is 10.5 Å². The number of aromatic nitrogens is 2. The lowest BCUT2D eigenvalue weighted by Gasteiger charge is -2.23. The number of fused-ring (bicyclic) bond motifs is 1. The maximum Gasteiger partial charge on any atom is 0.138 e. The summed E-state index contributed by atoms with van der Waals surface area (Å²) >= 11 is 0. The van der Waals surface area contributed by atoms with Crippen LogP contribution in [0.15, 0.2) is 72.9 Å². The van der Waals surface area contributed by atoms with Gasteiger partial charge in [0, 0.05) is 11.4 Å². The third-order valence-electron chi connectivity index (χ3n) is 5.07. The maximum absolute atomic E-state index is 13.2. The number of aryl methyl sites for hydroxylation is 1. The third-order valence-corrected chi connectivity index (χ3v) is 5.07. The van der Waals surface area contributed by atoms with Gasteiger partial charge in [0.25, 0.3) is 0 Å². The van der Waals surface area contributed by atoms with Gasteiger partial charge in [-0.3, -0.25) is 0 Å². The number of benzene rings is 3. The molecule has 2 N–H and O–H groups in total. The molecule has 0 saturated carbocycles. The minimum atomic E-state index is -0.269. The van der Waals surface area contributed by atoms with Gasteiger partial charge >= 0.3 is 0 Å². The van der Waals surface area contributed by atoms with Crippen molar-refractivity contribution in [2.45, 2.75) is 32.4 Å². The Morgan fingerprint density at radius 1 is 1.03 bits per heavy atom. The van der Waals surface area contributed by atoms with Crippen LogP contribution in [0.4, 0.5) is 4.39 Å². The van der Waals surface area contributed by atoms with Crippen molar-refractivity contribution in [2.75, 3.05) is 0 Å². The Bertz CT molecular complexity index is 1100. The summed E-state index contributed by atoms with van der Waals surface area (Å²) in [6.45, 7) is 4.08. The maximum atomic E-state index is 13.2. The summed E-state index contributed by atoms with van der Waals surface area (Å²) in [7, 11) is 0. The largest absolute Gasteiger partial charge is 0.484 e. The second-order valence-electron chi connectivity index (χ2n) is 7.25. The second-order valence-corrected chi connectivity index (χ2v) is 7.25. The Morgan fingerprint density at radius 2 is 1.76 bits per heavy atom. The molecule has 4 nitrogen and oxygen atoms in total. The van der Waals surface area contributed by atoms with E-state index in [1.807, 2.05) is 25.1 Å². The van der Waals surface area contributed by atoms with E-state index in [1.165, 1.54) is 17.7 Å². The third kappa shape index (κ3) is 4.00. The quantitative estimate of drug-likeness (QED) is 0.493. The number of ether oxygens (including phenoxy) is 1.